The van der Waals surface area contributed by atoms with Gasteiger partial charge in [0.05, 0.1) is 12.0 Å². The van der Waals surface area contributed by atoms with Crippen molar-refractivity contribution in [3.05, 3.63) is 81.9 Å². The Morgan fingerprint density at radius 2 is 2.00 bits per heavy atom. The van der Waals surface area contributed by atoms with Gasteiger partial charge in [-0.15, -0.1) is 0 Å². The number of oxazole rings is 1. The lowest BCUT2D eigenvalue weighted by Crippen LogP contribution is -2.12. The van der Waals surface area contributed by atoms with E-state index in [2.05, 4.69) is 30.2 Å². The third kappa shape index (κ3) is 4.55. The summed E-state index contributed by atoms with van der Waals surface area (Å²) in [7, 11) is 1.34. The van der Waals surface area contributed by atoms with Crippen LogP contribution in [0.4, 0.5) is 11.4 Å². The number of nitrogens with one attached hydrogen (secondary N) is 1. The van der Waals surface area contributed by atoms with Gasteiger partial charge in [0.2, 0.25) is 5.89 Å². The van der Waals surface area contributed by atoms with Crippen LogP contribution in [0.1, 0.15) is 42.1 Å². The molecule has 1 amide bonds. The molecule has 8 heteroatoms. The van der Waals surface area contributed by atoms with Gasteiger partial charge in [0.1, 0.15) is 5.52 Å². The monoisotopic (exact) mass is 445 g/mol. The zero-order chi connectivity index (χ0) is 23.5. The fraction of sp³-hybridized carbons (Fsp3) is 0.200. The Morgan fingerprint density at radius 3 is 2.73 bits per heavy atom. The van der Waals surface area contributed by atoms with Crippen LogP contribution in [0.5, 0.6) is 5.75 Å². The Labute approximate surface area is 190 Å². The molecule has 0 aliphatic heterocycles. The quantitative estimate of drug-likeness (QED) is 0.269. The number of benzene rings is 3. The van der Waals surface area contributed by atoms with E-state index in [1.54, 1.807) is 18.2 Å². The minimum atomic E-state index is -0.587. The van der Waals surface area contributed by atoms with Crippen LogP contribution in [0, 0.1) is 10.1 Å². The molecule has 0 aliphatic rings. The molecule has 0 saturated heterocycles. The number of hydrogen-bond acceptors (Lipinski definition) is 6. The third-order valence-corrected chi connectivity index (χ3v) is 5.60. The second-order valence-electron chi connectivity index (χ2n) is 7.73. The van der Waals surface area contributed by atoms with E-state index >= 15 is 0 Å². The van der Waals surface area contributed by atoms with Gasteiger partial charge in [0.15, 0.2) is 11.3 Å². The number of nitro benzene ring substituents is 1. The molecule has 0 unspecified atom stereocenters. The van der Waals surface area contributed by atoms with Crippen molar-refractivity contribution in [3.8, 4) is 17.2 Å². The van der Waals surface area contributed by atoms with Gasteiger partial charge >= 0.3 is 5.69 Å². The van der Waals surface area contributed by atoms with Crippen molar-refractivity contribution in [1.29, 1.82) is 0 Å². The highest BCUT2D eigenvalue weighted by Gasteiger charge is 2.19. The highest BCUT2D eigenvalue weighted by atomic mass is 16.6. The Kier molecular flexibility index (Phi) is 6.08. The summed E-state index contributed by atoms with van der Waals surface area (Å²) >= 11 is 0. The molecule has 3 aromatic carbocycles. The standard InChI is InChI=1S/C25H23N3O5/c1-4-15(2)16-8-10-22-20(13-16)27-25(33-22)18-6-5-7-19(12-18)26-24(29)17-9-11-23(32-3)21(14-17)28(30)31/h5-15H,4H2,1-3H3,(H,26,29)/t15-/m0/s1. The first-order valence-corrected chi connectivity index (χ1v) is 10.5. The molecule has 8 nitrogen and oxygen atoms in total. The summed E-state index contributed by atoms with van der Waals surface area (Å²) in [6, 6.07) is 17.2. The van der Waals surface area contributed by atoms with Gasteiger partial charge in [0, 0.05) is 22.9 Å². The van der Waals surface area contributed by atoms with Crippen LogP contribution in [-0.2, 0) is 0 Å². The molecule has 4 rings (SSSR count). The molecule has 1 N–H and O–H groups in total. The van der Waals surface area contributed by atoms with Crippen molar-refractivity contribution in [3.63, 3.8) is 0 Å². The van der Waals surface area contributed by atoms with Crippen LogP contribution >= 0.6 is 0 Å². The predicted octanol–water partition coefficient (Wildman–Crippen LogP) is 6.18. The fourth-order valence-corrected chi connectivity index (χ4v) is 3.52. The van der Waals surface area contributed by atoms with Gasteiger partial charge in [0.25, 0.3) is 5.91 Å². The first kappa shape index (κ1) is 22.0. The first-order chi connectivity index (χ1) is 15.9. The molecule has 1 heterocycles. The number of methoxy groups -OCH3 is 1. The fourth-order valence-electron chi connectivity index (χ4n) is 3.52. The van der Waals surface area contributed by atoms with Crippen molar-refractivity contribution in [2.75, 3.05) is 12.4 Å². The molecule has 1 atom stereocenters. The number of fused-ring (bicyclic) bond motifs is 1. The maximum absolute atomic E-state index is 12.7. The van der Waals surface area contributed by atoms with Crippen LogP contribution < -0.4 is 10.1 Å². The molecule has 0 fully saturated rings. The third-order valence-electron chi connectivity index (χ3n) is 5.60. The SMILES string of the molecule is CC[C@H](C)c1ccc2oc(-c3cccc(NC(=O)c4ccc(OC)c([N+](=O)[O-])c4)c3)nc2c1. The van der Waals surface area contributed by atoms with Crippen molar-refractivity contribution < 1.29 is 18.9 Å². The molecule has 4 aromatic rings. The molecule has 0 spiro atoms. The zero-order valence-electron chi connectivity index (χ0n) is 18.5. The summed E-state index contributed by atoms with van der Waals surface area (Å²) < 4.78 is 10.9. The van der Waals surface area contributed by atoms with E-state index in [1.165, 1.54) is 30.9 Å². The lowest BCUT2D eigenvalue weighted by atomic mass is 9.98. The average Bonchev–Trinajstić information content (AvgIpc) is 3.26. The number of carbonyl (C=O) groups excluding carboxylic acids is 1. The van der Waals surface area contributed by atoms with E-state index in [9.17, 15) is 14.9 Å². The summed E-state index contributed by atoms with van der Waals surface area (Å²) in [6.07, 6.45) is 1.04. The Balaban J connectivity index is 1.59. The number of anilines is 1. The van der Waals surface area contributed by atoms with Gasteiger partial charge < -0.3 is 14.5 Å². The van der Waals surface area contributed by atoms with Crippen molar-refractivity contribution in [2.24, 2.45) is 0 Å². The highest BCUT2D eigenvalue weighted by molar-refractivity contribution is 6.05. The van der Waals surface area contributed by atoms with E-state index in [0.29, 0.717) is 28.6 Å². The number of ether oxygens (including phenoxy) is 1. The van der Waals surface area contributed by atoms with Crippen LogP contribution in [0.2, 0.25) is 0 Å². The minimum Gasteiger partial charge on any atom is -0.490 e. The van der Waals surface area contributed by atoms with Crippen molar-refractivity contribution in [2.45, 2.75) is 26.2 Å². The van der Waals surface area contributed by atoms with Crippen LogP contribution in [0.25, 0.3) is 22.6 Å². The average molecular weight is 445 g/mol. The number of carbonyl (C=O) groups is 1. The minimum absolute atomic E-state index is 0.0889. The lowest BCUT2D eigenvalue weighted by molar-refractivity contribution is -0.385. The predicted molar refractivity (Wildman–Crippen MR) is 126 cm³/mol. The molecule has 0 saturated carbocycles. The van der Waals surface area contributed by atoms with E-state index in [1.807, 2.05) is 18.2 Å². The Morgan fingerprint density at radius 1 is 1.18 bits per heavy atom. The van der Waals surface area contributed by atoms with Crippen molar-refractivity contribution >= 4 is 28.4 Å². The summed E-state index contributed by atoms with van der Waals surface area (Å²) in [5.74, 6) is 0.490. The Bertz CT molecular complexity index is 1350. The zero-order valence-corrected chi connectivity index (χ0v) is 18.5. The summed E-state index contributed by atoms with van der Waals surface area (Å²) in [4.78, 5) is 28.0. The van der Waals surface area contributed by atoms with Gasteiger partial charge in [-0.05, 0) is 60.4 Å². The van der Waals surface area contributed by atoms with Crippen LogP contribution in [0.15, 0.2) is 65.1 Å². The van der Waals surface area contributed by atoms with Gasteiger partial charge in [-0.2, -0.15) is 0 Å². The number of rotatable bonds is 7. The van der Waals surface area contributed by atoms with Crippen LogP contribution in [-0.4, -0.2) is 22.9 Å². The number of hydrogen-bond donors (Lipinski definition) is 1. The maximum atomic E-state index is 12.7. The normalized spacial score (nSPS) is 11.8. The summed E-state index contributed by atoms with van der Waals surface area (Å²) in [5, 5.41) is 14.0. The number of amides is 1. The van der Waals surface area contributed by atoms with E-state index in [4.69, 9.17) is 9.15 Å². The largest absolute Gasteiger partial charge is 0.490 e. The second kappa shape index (κ2) is 9.12. The van der Waals surface area contributed by atoms with E-state index < -0.39 is 10.8 Å². The number of nitro groups is 1. The first-order valence-electron chi connectivity index (χ1n) is 10.5. The van der Waals surface area contributed by atoms with Gasteiger partial charge in [-0.1, -0.05) is 26.0 Å². The van der Waals surface area contributed by atoms with Crippen molar-refractivity contribution in [1.82, 2.24) is 4.98 Å². The number of aromatic nitrogens is 1. The topological polar surface area (TPSA) is 108 Å². The summed E-state index contributed by atoms with van der Waals surface area (Å²) in [6.45, 7) is 4.32. The van der Waals surface area contributed by atoms with E-state index in [-0.39, 0.29) is 17.0 Å². The highest BCUT2D eigenvalue weighted by Crippen LogP contribution is 2.30. The lowest BCUT2D eigenvalue weighted by Gasteiger charge is -2.07. The molecule has 168 valence electrons. The van der Waals surface area contributed by atoms with Gasteiger partial charge in [-0.3, -0.25) is 14.9 Å². The molecule has 0 aliphatic carbocycles. The Hall–Kier alpha value is -4.20. The molecule has 0 radical (unpaired) electrons. The molecular formula is C25H23N3O5. The maximum Gasteiger partial charge on any atom is 0.311 e. The van der Waals surface area contributed by atoms with Gasteiger partial charge in [-0.25, -0.2) is 4.98 Å². The molecule has 33 heavy (non-hydrogen) atoms. The van der Waals surface area contributed by atoms with Crippen LogP contribution in [0.3, 0.4) is 0 Å². The second-order valence-corrected chi connectivity index (χ2v) is 7.73. The number of nitrogens with zero attached hydrogens (tertiary/aromatic N) is 2. The van der Waals surface area contributed by atoms with E-state index in [0.717, 1.165) is 11.9 Å². The smallest absolute Gasteiger partial charge is 0.311 e. The summed E-state index contributed by atoms with van der Waals surface area (Å²) in [5.41, 5.74) is 3.77. The molecular weight excluding hydrogens is 422 g/mol. The molecule has 1 aromatic heterocycles. The molecule has 0 bridgehead atoms.